The number of fused-ring (bicyclic) bond motifs is 3. The van der Waals surface area contributed by atoms with E-state index in [1.165, 1.54) is 24.8 Å². The lowest BCUT2D eigenvalue weighted by Crippen LogP contribution is -2.22. The van der Waals surface area contributed by atoms with Gasteiger partial charge in [0.2, 0.25) is 0 Å². The second kappa shape index (κ2) is 3.62. The van der Waals surface area contributed by atoms with E-state index in [0.29, 0.717) is 12.0 Å². The Hall–Kier alpha value is -1.31. The van der Waals surface area contributed by atoms with Crippen LogP contribution in [-0.2, 0) is 0 Å². The van der Waals surface area contributed by atoms with Gasteiger partial charge in [-0.15, -0.1) is 0 Å². The summed E-state index contributed by atoms with van der Waals surface area (Å²) in [6.45, 7) is 1.64. The molecular weight excluding hydrogens is 200 g/mol. The quantitative estimate of drug-likeness (QED) is 0.673. The standard InChI is InChI=1S/C14H16O2/c1-9(15)10-6-4-8-13-14(10)11-5-2-3-7-12(11)16-13/h4,6,8,11-12H,2-3,5,7H2,1H3/t11-,12+/m0/s1. The highest BCUT2D eigenvalue weighted by atomic mass is 16.5. The lowest BCUT2D eigenvalue weighted by Gasteiger charge is -2.24. The molecule has 1 saturated carbocycles. The van der Waals surface area contributed by atoms with Crippen LogP contribution in [0.5, 0.6) is 5.75 Å². The molecule has 1 aromatic carbocycles. The molecule has 16 heavy (non-hydrogen) atoms. The molecule has 1 aliphatic heterocycles. The van der Waals surface area contributed by atoms with Crippen molar-refractivity contribution in [1.82, 2.24) is 0 Å². The van der Waals surface area contributed by atoms with Crippen molar-refractivity contribution in [2.75, 3.05) is 0 Å². The normalized spacial score (nSPS) is 26.8. The first-order chi connectivity index (χ1) is 7.77. The van der Waals surface area contributed by atoms with E-state index in [1.807, 2.05) is 18.2 Å². The first kappa shape index (κ1) is 9.88. The Balaban J connectivity index is 2.09. The van der Waals surface area contributed by atoms with E-state index in [1.54, 1.807) is 6.92 Å². The molecule has 1 heterocycles. The van der Waals surface area contributed by atoms with Gasteiger partial charge in [0, 0.05) is 17.0 Å². The number of hydrogen-bond acceptors (Lipinski definition) is 2. The summed E-state index contributed by atoms with van der Waals surface area (Å²) in [5, 5.41) is 0. The predicted octanol–water partition coefficient (Wildman–Crippen LogP) is 3.31. The molecule has 1 aliphatic carbocycles. The van der Waals surface area contributed by atoms with Crippen LogP contribution in [0.1, 0.15) is 54.4 Å². The third-order valence-corrected chi connectivity index (χ3v) is 3.80. The molecule has 2 heteroatoms. The number of benzene rings is 1. The molecule has 2 aliphatic rings. The molecule has 2 nitrogen and oxygen atoms in total. The Morgan fingerprint density at radius 3 is 2.94 bits per heavy atom. The van der Waals surface area contributed by atoms with Gasteiger partial charge in [0.1, 0.15) is 11.9 Å². The van der Waals surface area contributed by atoms with Gasteiger partial charge in [0.05, 0.1) is 0 Å². The average molecular weight is 216 g/mol. The maximum atomic E-state index is 11.6. The Morgan fingerprint density at radius 1 is 1.31 bits per heavy atom. The minimum atomic E-state index is 0.159. The van der Waals surface area contributed by atoms with Gasteiger partial charge < -0.3 is 4.74 Å². The van der Waals surface area contributed by atoms with Crippen LogP contribution in [0.3, 0.4) is 0 Å². The van der Waals surface area contributed by atoms with Crippen molar-refractivity contribution in [3.05, 3.63) is 29.3 Å². The Labute approximate surface area is 95.6 Å². The van der Waals surface area contributed by atoms with Crippen molar-refractivity contribution < 1.29 is 9.53 Å². The largest absolute Gasteiger partial charge is 0.489 e. The maximum absolute atomic E-state index is 11.6. The second-order valence-electron chi connectivity index (χ2n) is 4.82. The first-order valence-corrected chi connectivity index (χ1v) is 6.08. The zero-order chi connectivity index (χ0) is 11.1. The number of carbonyl (C=O) groups excluding carboxylic acids is 1. The molecule has 0 amide bonds. The Bertz CT molecular complexity index is 436. The molecule has 0 N–H and O–H groups in total. The van der Waals surface area contributed by atoms with Crippen molar-refractivity contribution in [2.45, 2.75) is 44.6 Å². The summed E-state index contributed by atoms with van der Waals surface area (Å²) >= 11 is 0. The molecule has 0 radical (unpaired) electrons. The number of rotatable bonds is 1. The third-order valence-electron chi connectivity index (χ3n) is 3.80. The van der Waals surface area contributed by atoms with E-state index in [9.17, 15) is 4.79 Å². The van der Waals surface area contributed by atoms with E-state index in [0.717, 1.165) is 17.7 Å². The highest BCUT2D eigenvalue weighted by molar-refractivity contribution is 5.96. The van der Waals surface area contributed by atoms with Crippen molar-refractivity contribution in [3.8, 4) is 5.75 Å². The second-order valence-corrected chi connectivity index (χ2v) is 4.82. The lowest BCUT2D eigenvalue weighted by molar-refractivity contribution is 0.101. The van der Waals surface area contributed by atoms with Gasteiger partial charge in [-0.1, -0.05) is 18.6 Å². The van der Waals surface area contributed by atoms with Crippen molar-refractivity contribution in [3.63, 3.8) is 0 Å². The smallest absolute Gasteiger partial charge is 0.160 e. The monoisotopic (exact) mass is 216 g/mol. The van der Waals surface area contributed by atoms with Gasteiger partial charge in [-0.25, -0.2) is 0 Å². The number of carbonyl (C=O) groups is 1. The van der Waals surface area contributed by atoms with Crippen LogP contribution in [0.15, 0.2) is 18.2 Å². The predicted molar refractivity (Wildman–Crippen MR) is 62.1 cm³/mol. The van der Waals surface area contributed by atoms with Crippen LogP contribution in [-0.4, -0.2) is 11.9 Å². The van der Waals surface area contributed by atoms with E-state index >= 15 is 0 Å². The lowest BCUT2D eigenvalue weighted by atomic mass is 9.81. The summed E-state index contributed by atoms with van der Waals surface area (Å²) in [6, 6.07) is 5.86. The fourth-order valence-electron chi connectivity index (χ4n) is 3.07. The molecule has 0 spiro atoms. The fourth-order valence-corrected chi connectivity index (χ4v) is 3.07. The topological polar surface area (TPSA) is 26.3 Å². The zero-order valence-corrected chi connectivity index (χ0v) is 9.53. The summed E-state index contributed by atoms with van der Waals surface area (Å²) in [5.41, 5.74) is 2.05. The molecule has 0 unspecified atom stereocenters. The van der Waals surface area contributed by atoms with Gasteiger partial charge in [-0.2, -0.15) is 0 Å². The zero-order valence-electron chi connectivity index (χ0n) is 9.53. The summed E-state index contributed by atoms with van der Waals surface area (Å²) in [4.78, 5) is 11.6. The van der Waals surface area contributed by atoms with E-state index in [4.69, 9.17) is 4.74 Å². The van der Waals surface area contributed by atoms with E-state index in [-0.39, 0.29) is 5.78 Å². The Kier molecular flexibility index (Phi) is 2.23. The molecule has 1 aromatic rings. The molecule has 84 valence electrons. The minimum Gasteiger partial charge on any atom is -0.489 e. The molecule has 0 aromatic heterocycles. The molecule has 0 saturated heterocycles. The SMILES string of the molecule is CC(=O)c1cccc2c1[C@H]1CCCC[C@H]1O2. The van der Waals surface area contributed by atoms with E-state index in [2.05, 4.69) is 0 Å². The summed E-state index contributed by atoms with van der Waals surface area (Å²) in [7, 11) is 0. The molecule has 0 bridgehead atoms. The van der Waals surface area contributed by atoms with Crippen LogP contribution in [0.25, 0.3) is 0 Å². The average Bonchev–Trinajstić information content (AvgIpc) is 2.66. The molecule has 2 atom stereocenters. The van der Waals surface area contributed by atoms with Gasteiger partial charge >= 0.3 is 0 Å². The van der Waals surface area contributed by atoms with Crippen molar-refractivity contribution >= 4 is 5.78 Å². The highest BCUT2D eigenvalue weighted by Gasteiger charge is 2.38. The van der Waals surface area contributed by atoms with Crippen molar-refractivity contribution in [1.29, 1.82) is 0 Å². The fraction of sp³-hybridized carbons (Fsp3) is 0.500. The van der Waals surface area contributed by atoms with Crippen LogP contribution in [0.4, 0.5) is 0 Å². The molecule has 1 fully saturated rings. The van der Waals surface area contributed by atoms with Gasteiger partial charge in [-0.3, -0.25) is 4.79 Å². The first-order valence-electron chi connectivity index (χ1n) is 6.08. The van der Waals surface area contributed by atoms with Crippen LogP contribution in [0.2, 0.25) is 0 Å². The highest BCUT2D eigenvalue weighted by Crippen LogP contribution is 2.46. The molecular formula is C14H16O2. The van der Waals surface area contributed by atoms with Crippen molar-refractivity contribution in [2.24, 2.45) is 0 Å². The van der Waals surface area contributed by atoms with Crippen LogP contribution < -0.4 is 4.74 Å². The minimum absolute atomic E-state index is 0.159. The summed E-state index contributed by atoms with van der Waals surface area (Å²) < 4.78 is 5.95. The molecule has 3 rings (SSSR count). The summed E-state index contributed by atoms with van der Waals surface area (Å²) in [5.74, 6) is 1.57. The third kappa shape index (κ3) is 1.36. The van der Waals surface area contributed by atoms with Gasteiger partial charge in [0.15, 0.2) is 5.78 Å². The summed E-state index contributed by atoms with van der Waals surface area (Å²) in [6.07, 6.45) is 5.14. The van der Waals surface area contributed by atoms with Gasteiger partial charge in [-0.05, 0) is 32.3 Å². The van der Waals surface area contributed by atoms with Crippen LogP contribution >= 0.6 is 0 Å². The van der Waals surface area contributed by atoms with Gasteiger partial charge in [0.25, 0.3) is 0 Å². The number of Topliss-reactive ketones (excluding diaryl/α,β-unsaturated/α-hetero) is 1. The number of ketones is 1. The number of ether oxygens (including phenoxy) is 1. The van der Waals surface area contributed by atoms with E-state index < -0.39 is 0 Å². The maximum Gasteiger partial charge on any atom is 0.160 e. The number of hydrogen-bond donors (Lipinski definition) is 0. The van der Waals surface area contributed by atoms with Crippen LogP contribution in [0, 0.1) is 0 Å². The Morgan fingerprint density at radius 2 is 2.12 bits per heavy atom.